The minimum Gasteiger partial charge on any atom is -0.448 e. The van der Waals surface area contributed by atoms with Gasteiger partial charge in [-0.15, -0.1) is 11.6 Å². The first-order valence-corrected chi connectivity index (χ1v) is 7.43. The second-order valence-corrected chi connectivity index (χ2v) is 5.01. The van der Waals surface area contributed by atoms with Crippen LogP contribution in [-0.2, 0) is 9.53 Å². The Morgan fingerprint density at radius 3 is 2.11 bits per heavy atom. The molecule has 2 amide bonds. The highest BCUT2D eigenvalue weighted by Crippen LogP contribution is 2.14. The lowest BCUT2D eigenvalue weighted by molar-refractivity contribution is -0.137. The van der Waals surface area contributed by atoms with Gasteiger partial charge >= 0.3 is 6.09 Å². The van der Waals surface area contributed by atoms with E-state index in [0.29, 0.717) is 32.1 Å². The maximum Gasteiger partial charge on any atom is 0.409 e. The first-order chi connectivity index (χ1) is 9.13. The number of carbonyl (C=O) groups is 2. The summed E-state index contributed by atoms with van der Waals surface area (Å²) in [4.78, 5) is 27.3. The molecule has 1 saturated heterocycles. The zero-order valence-corrected chi connectivity index (χ0v) is 12.5. The molecule has 110 valence electrons. The van der Waals surface area contributed by atoms with Crippen molar-refractivity contribution in [1.82, 2.24) is 9.80 Å². The lowest BCUT2D eigenvalue weighted by Crippen LogP contribution is -2.52. The van der Waals surface area contributed by atoms with E-state index in [1.54, 1.807) is 4.90 Å². The van der Waals surface area contributed by atoms with Gasteiger partial charge in [0.25, 0.3) is 0 Å². The number of hydrogen-bond donors (Lipinski definition) is 0. The summed E-state index contributed by atoms with van der Waals surface area (Å²) in [6.45, 7) is 6.54. The van der Waals surface area contributed by atoms with Gasteiger partial charge in [-0.25, -0.2) is 4.79 Å². The van der Waals surface area contributed by atoms with Crippen LogP contribution < -0.4 is 0 Å². The SMILES string of the molecule is CCC(CC)C(=O)N1CCN(C(=O)OCCCl)CC1. The molecule has 0 aromatic heterocycles. The minimum absolute atomic E-state index is 0.106. The smallest absolute Gasteiger partial charge is 0.409 e. The van der Waals surface area contributed by atoms with E-state index in [1.165, 1.54) is 0 Å². The van der Waals surface area contributed by atoms with Gasteiger partial charge in [-0.05, 0) is 12.8 Å². The highest BCUT2D eigenvalue weighted by atomic mass is 35.5. The number of carbonyl (C=O) groups excluding carboxylic acids is 2. The predicted octanol–water partition coefficient (Wildman–Crippen LogP) is 1.94. The number of piperazine rings is 1. The third-order valence-corrected chi connectivity index (χ3v) is 3.64. The van der Waals surface area contributed by atoms with Gasteiger partial charge in [0.15, 0.2) is 0 Å². The van der Waals surface area contributed by atoms with E-state index in [2.05, 4.69) is 0 Å². The number of alkyl halides is 1. The normalized spacial score (nSPS) is 15.8. The fourth-order valence-corrected chi connectivity index (χ4v) is 2.30. The molecule has 19 heavy (non-hydrogen) atoms. The predicted molar refractivity (Wildman–Crippen MR) is 74.3 cm³/mol. The lowest BCUT2D eigenvalue weighted by Gasteiger charge is -2.35. The Balaban J connectivity index is 2.40. The molecular formula is C13H23ClN2O3. The van der Waals surface area contributed by atoms with Crippen LogP contribution in [0.25, 0.3) is 0 Å². The second-order valence-electron chi connectivity index (χ2n) is 4.63. The lowest BCUT2D eigenvalue weighted by atomic mass is 10.0. The molecule has 1 aliphatic heterocycles. The molecule has 6 heteroatoms. The molecular weight excluding hydrogens is 268 g/mol. The summed E-state index contributed by atoms with van der Waals surface area (Å²) in [6.07, 6.45) is 1.40. The Morgan fingerprint density at radius 2 is 1.63 bits per heavy atom. The summed E-state index contributed by atoms with van der Waals surface area (Å²) < 4.78 is 4.97. The van der Waals surface area contributed by atoms with E-state index in [1.807, 2.05) is 18.7 Å². The van der Waals surface area contributed by atoms with Crippen LogP contribution in [0.3, 0.4) is 0 Å². The van der Waals surface area contributed by atoms with Gasteiger partial charge < -0.3 is 14.5 Å². The Bertz CT molecular complexity index is 300. The topological polar surface area (TPSA) is 49.9 Å². The molecule has 1 fully saturated rings. The fraction of sp³-hybridized carbons (Fsp3) is 0.846. The molecule has 0 N–H and O–H groups in total. The van der Waals surface area contributed by atoms with E-state index < -0.39 is 0 Å². The number of amides is 2. The molecule has 1 rings (SSSR count). The fourth-order valence-electron chi connectivity index (χ4n) is 2.22. The van der Waals surface area contributed by atoms with Crippen LogP contribution >= 0.6 is 11.6 Å². The molecule has 0 atom stereocenters. The first kappa shape index (κ1) is 16.1. The maximum absolute atomic E-state index is 12.2. The van der Waals surface area contributed by atoms with Crippen molar-refractivity contribution in [2.75, 3.05) is 38.7 Å². The summed E-state index contributed by atoms with van der Waals surface area (Å²) in [6, 6.07) is 0. The molecule has 0 aliphatic carbocycles. The third-order valence-electron chi connectivity index (χ3n) is 3.49. The summed E-state index contributed by atoms with van der Waals surface area (Å²) in [5.74, 6) is 0.618. The maximum atomic E-state index is 12.2. The van der Waals surface area contributed by atoms with E-state index >= 15 is 0 Å². The minimum atomic E-state index is -0.338. The average molecular weight is 291 g/mol. The standard InChI is InChI=1S/C13H23ClN2O3/c1-3-11(4-2)12(17)15-6-8-16(9-7-15)13(18)19-10-5-14/h11H,3-10H2,1-2H3. The molecule has 1 heterocycles. The summed E-state index contributed by atoms with van der Waals surface area (Å²) in [5, 5.41) is 0. The number of rotatable bonds is 5. The molecule has 1 aliphatic rings. The Kier molecular flexibility index (Phi) is 6.99. The number of ether oxygens (including phenoxy) is 1. The second kappa shape index (κ2) is 8.25. The first-order valence-electron chi connectivity index (χ1n) is 6.90. The van der Waals surface area contributed by atoms with Crippen LogP contribution in [0, 0.1) is 5.92 Å². The van der Waals surface area contributed by atoms with Gasteiger partial charge in [0, 0.05) is 32.1 Å². The molecule has 0 saturated carbocycles. The summed E-state index contributed by atoms with van der Waals surface area (Å²) >= 11 is 5.47. The number of halogens is 1. The van der Waals surface area contributed by atoms with Crippen LogP contribution in [0.2, 0.25) is 0 Å². The Morgan fingerprint density at radius 1 is 1.11 bits per heavy atom. The summed E-state index contributed by atoms with van der Waals surface area (Å²) in [5.41, 5.74) is 0. The van der Waals surface area contributed by atoms with Crippen molar-refractivity contribution in [3.8, 4) is 0 Å². The average Bonchev–Trinajstić information content (AvgIpc) is 2.46. The zero-order chi connectivity index (χ0) is 14.3. The van der Waals surface area contributed by atoms with E-state index in [4.69, 9.17) is 16.3 Å². The van der Waals surface area contributed by atoms with Crippen molar-refractivity contribution in [1.29, 1.82) is 0 Å². The molecule has 0 aromatic carbocycles. The Labute approximate surface area is 119 Å². The van der Waals surface area contributed by atoms with Gasteiger partial charge in [-0.2, -0.15) is 0 Å². The van der Waals surface area contributed by atoms with Crippen molar-refractivity contribution in [3.63, 3.8) is 0 Å². The molecule has 0 spiro atoms. The van der Waals surface area contributed by atoms with Gasteiger partial charge in [0.05, 0.1) is 5.88 Å². The molecule has 0 bridgehead atoms. The Hall–Kier alpha value is -0.970. The van der Waals surface area contributed by atoms with Crippen molar-refractivity contribution < 1.29 is 14.3 Å². The molecule has 5 nitrogen and oxygen atoms in total. The van der Waals surface area contributed by atoms with Gasteiger partial charge in [-0.3, -0.25) is 4.79 Å². The van der Waals surface area contributed by atoms with Crippen molar-refractivity contribution >= 4 is 23.6 Å². The zero-order valence-electron chi connectivity index (χ0n) is 11.7. The summed E-state index contributed by atoms with van der Waals surface area (Å²) in [7, 11) is 0. The van der Waals surface area contributed by atoms with Crippen molar-refractivity contribution in [2.45, 2.75) is 26.7 Å². The highest BCUT2D eigenvalue weighted by molar-refractivity contribution is 6.18. The van der Waals surface area contributed by atoms with Gasteiger partial charge in [0.2, 0.25) is 5.91 Å². The van der Waals surface area contributed by atoms with Crippen molar-refractivity contribution in [2.24, 2.45) is 5.92 Å². The molecule has 0 unspecified atom stereocenters. The van der Waals surface area contributed by atoms with Crippen LogP contribution in [0.4, 0.5) is 4.79 Å². The van der Waals surface area contributed by atoms with Crippen LogP contribution in [-0.4, -0.2) is 60.5 Å². The van der Waals surface area contributed by atoms with Crippen LogP contribution in [0.5, 0.6) is 0 Å². The molecule has 0 aromatic rings. The quantitative estimate of drug-likeness (QED) is 0.727. The van der Waals surface area contributed by atoms with Crippen LogP contribution in [0.15, 0.2) is 0 Å². The third kappa shape index (κ3) is 4.56. The van der Waals surface area contributed by atoms with Gasteiger partial charge in [0.1, 0.15) is 6.61 Å². The highest BCUT2D eigenvalue weighted by Gasteiger charge is 2.27. The van der Waals surface area contributed by atoms with Gasteiger partial charge in [-0.1, -0.05) is 13.8 Å². The van der Waals surface area contributed by atoms with E-state index in [0.717, 1.165) is 12.8 Å². The monoisotopic (exact) mass is 290 g/mol. The number of nitrogens with zero attached hydrogens (tertiary/aromatic N) is 2. The number of hydrogen-bond acceptors (Lipinski definition) is 3. The van der Waals surface area contributed by atoms with Crippen LogP contribution in [0.1, 0.15) is 26.7 Å². The molecule has 0 radical (unpaired) electrons. The van der Waals surface area contributed by atoms with Crippen molar-refractivity contribution in [3.05, 3.63) is 0 Å². The van der Waals surface area contributed by atoms with E-state index in [-0.39, 0.29) is 24.5 Å². The van der Waals surface area contributed by atoms with E-state index in [9.17, 15) is 9.59 Å². The largest absolute Gasteiger partial charge is 0.448 e.